The second-order valence-electron chi connectivity index (χ2n) is 3.67. The lowest BCUT2D eigenvalue weighted by Crippen LogP contribution is -2.24. The van der Waals surface area contributed by atoms with Gasteiger partial charge in [-0.05, 0) is 22.9 Å². The van der Waals surface area contributed by atoms with Gasteiger partial charge in [0.25, 0.3) is 5.56 Å². The van der Waals surface area contributed by atoms with Crippen molar-refractivity contribution in [3.05, 3.63) is 14.8 Å². The maximum absolute atomic E-state index is 11.4. The van der Waals surface area contributed by atoms with Crippen LogP contribution in [0.25, 0.3) is 0 Å². The molecule has 0 amide bonds. The van der Waals surface area contributed by atoms with Crippen LogP contribution in [-0.4, -0.2) is 19.6 Å². The summed E-state index contributed by atoms with van der Waals surface area (Å²) < 4.78 is 2.24. The summed E-state index contributed by atoms with van der Waals surface area (Å²) in [6, 6.07) is 0. The van der Waals surface area contributed by atoms with Crippen molar-refractivity contribution in [1.29, 1.82) is 0 Å². The van der Waals surface area contributed by atoms with Gasteiger partial charge in [0.05, 0.1) is 0 Å². The number of nitrogens with two attached hydrogens (primary N) is 1. The Kier molecular flexibility index (Phi) is 2.89. The maximum atomic E-state index is 11.4. The molecule has 0 spiro atoms. The highest BCUT2D eigenvalue weighted by Crippen LogP contribution is 2.42. The number of halogens is 2. The van der Waals surface area contributed by atoms with E-state index < -0.39 is 0 Å². The first-order chi connectivity index (χ1) is 6.97. The number of rotatable bonds is 1. The number of thioether (sulfide) groups is 1. The first kappa shape index (κ1) is 11.5. The van der Waals surface area contributed by atoms with Crippen molar-refractivity contribution in [3.8, 4) is 0 Å². The molecule has 7 heteroatoms. The van der Waals surface area contributed by atoms with Crippen LogP contribution in [0.5, 0.6) is 0 Å². The summed E-state index contributed by atoms with van der Waals surface area (Å²) in [5.74, 6) is 0.460. The Morgan fingerprint density at radius 2 is 2.40 bits per heavy atom. The summed E-state index contributed by atoms with van der Waals surface area (Å²) in [6.45, 7) is 2.87. The van der Waals surface area contributed by atoms with E-state index in [0.717, 1.165) is 11.9 Å². The third kappa shape index (κ3) is 1.85. The van der Waals surface area contributed by atoms with Gasteiger partial charge < -0.3 is 10.3 Å². The number of aromatic nitrogens is 2. The summed E-state index contributed by atoms with van der Waals surface area (Å²) >= 11 is 8.19. The molecule has 1 atom stereocenters. The molecule has 1 aliphatic rings. The van der Waals surface area contributed by atoms with Crippen molar-refractivity contribution in [3.63, 3.8) is 0 Å². The lowest BCUT2D eigenvalue weighted by atomic mass is 10.2. The molecule has 1 unspecified atom stereocenters. The molecule has 1 aliphatic heterocycles. The molecule has 0 aliphatic carbocycles. The molecule has 0 bridgehead atoms. The van der Waals surface area contributed by atoms with Gasteiger partial charge in [-0.1, -0.05) is 27.7 Å². The highest BCUT2D eigenvalue weighted by Gasteiger charge is 2.35. The summed E-state index contributed by atoms with van der Waals surface area (Å²) in [5.41, 5.74) is 5.56. The van der Waals surface area contributed by atoms with Gasteiger partial charge in [0.1, 0.15) is 10.3 Å². The average molecular weight is 355 g/mol. The van der Waals surface area contributed by atoms with E-state index >= 15 is 0 Å². The maximum Gasteiger partial charge on any atom is 0.290 e. The van der Waals surface area contributed by atoms with Gasteiger partial charge in [-0.2, -0.15) is 4.98 Å². The molecule has 0 radical (unpaired) electrons. The quantitative estimate of drug-likeness (QED) is 0.617. The molecule has 2 rings (SSSR count). The number of nitrogen functional groups attached to an aromatic ring is 1. The van der Waals surface area contributed by atoms with Crippen LogP contribution in [0.3, 0.4) is 0 Å². The van der Waals surface area contributed by atoms with Crippen molar-refractivity contribution in [1.82, 2.24) is 9.55 Å². The Bertz CT molecular complexity index is 476. The number of fused-ring (bicyclic) bond motifs is 1. The smallest absolute Gasteiger partial charge is 0.290 e. The SMILES string of the molecule is CC1(CBr)Cn2c(nc(=O)c(Br)c2N)S1. The lowest BCUT2D eigenvalue weighted by molar-refractivity contribution is 0.567. The van der Waals surface area contributed by atoms with Gasteiger partial charge >= 0.3 is 0 Å². The average Bonchev–Trinajstić information content (AvgIpc) is 2.53. The van der Waals surface area contributed by atoms with Crippen LogP contribution in [0.4, 0.5) is 5.82 Å². The predicted octanol–water partition coefficient (Wildman–Crippen LogP) is 1.85. The minimum absolute atomic E-state index is 0.0152. The van der Waals surface area contributed by atoms with Crippen LogP contribution < -0.4 is 11.3 Å². The van der Waals surface area contributed by atoms with E-state index in [1.165, 1.54) is 0 Å². The van der Waals surface area contributed by atoms with Crippen molar-refractivity contribution in [2.45, 2.75) is 23.4 Å². The van der Waals surface area contributed by atoms with Gasteiger partial charge in [-0.25, -0.2) is 0 Å². The van der Waals surface area contributed by atoms with E-state index in [-0.39, 0.29) is 10.3 Å². The first-order valence-electron chi connectivity index (χ1n) is 4.28. The monoisotopic (exact) mass is 353 g/mol. The van der Waals surface area contributed by atoms with Crippen LogP contribution >= 0.6 is 43.6 Å². The summed E-state index contributed by atoms with van der Waals surface area (Å²) in [6.07, 6.45) is 0. The van der Waals surface area contributed by atoms with Gasteiger partial charge in [0.2, 0.25) is 0 Å². The highest BCUT2D eigenvalue weighted by molar-refractivity contribution is 9.10. The molecule has 1 aromatic rings. The number of hydrogen-bond donors (Lipinski definition) is 1. The third-order valence-electron chi connectivity index (χ3n) is 2.24. The second kappa shape index (κ2) is 3.78. The molecule has 2 heterocycles. The fourth-order valence-electron chi connectivity index (χ4n) is 1.41. The molecule has 82 valence electrons. The summed E-state index contributed by atoms with van der Waals surface area (Å²) in [5, 5.41) is 1.53. The summed E-state index contributed by atoms with van der Waals surface area (Å²) in [7, 11) is 0. The van der Waals surface area contributed by atoms with Crippen LogP contribution in [0, 0.1) is 0 Å². The van der Waals surface area contributed by atoms with Crippen LogP contribution in [-0.2, 0) is 6.54 Å². The lowest BCUT2D eigenvalue weighted by Gasteiger charge is -2.17. The second-order valence-corrected chi connectivity index (χ2v) is 6.58. The van der Waals surface area contributed by atoms with Crippen LogP contribution in [0.2, 0.25) is 0 Å². The largest absolute Gasteiger partial charge is 0.384 e. The van der Waals surface area contributed by atoms with Crippen LogP contribution in [0.1, 0.15) is 6.92 Å². The van der Waals surface area contributed by atoms with E-state index in [2.05, 4.69) is 43.8 Å². The molecule has 0 aromatic carbocycles. The summed E-state index contributed by atoms with van der Waals surface area (Å²) in [4.78, 5) is 15.4. The van der Waals surface area contributed by atoms with Gasteiger partial charge in [-0.15, -0.1) is 0 Å². The molecular formula is C8H9Br2N3OS. The predicted molar refractivity (Wildman–Crippen MR) is 68.7 cm³/mol. The minimum atomic E-state index is -0.301. The fourth-order valence-corrected chi connectivity index (χ4v) is 3.33. The zero-order chi connectivity index (χ0) is 11.2. The van der Waals surface area contributed by atoms with Gasteiger partial charge in [-0.3, -0.25) is 4.79 Å². The molecular weight excluding hydrogens is 346 g/mol. The molecule has 0 saturated heterocycles. The fraction of sp³-hybridized carbons (Fsp3) is 0.500. The minimum Gasteiger partial charge on any atom is -0.384 e. The van der Waals surface area contributed by atoms with E-state index in [4.69, 9.17) is 5.73 Å². The third-order valence-corrected chi connectivity index (χ3v) is 5.86. The van der Waals surface area contributed by atoms with Crippen molar-refractivity contribution in [2.24, 2.45) is 0 Å². The Labute approximate surface area is 108 Å². The molecule has 0 saturated carbocycles. The van der Waals surface area contributed by atoms with Gasteiger partial charge in [0.15, 0.2) is 5.16 Å². The molecule has 4 nitrogen and oxygen atoms in total. The molecule has 2 N–H and O–H groups in total. The zero-order valence-corrected chi connectivity index (χ0v) is 11.9. The Morgan fingerprint density at radius 1 is 1.73 bits per heavy atom. The Hall–Kier alpha value is -0.0100. The number of alkyl halides is 1. The Morgan fingerprint density at radius 3 is 3.00 bits per heavy atom. The normalized spacial score (nSPS) is 24.2. The number of nitrogens with zero attached hydrogens (tertiary/aromatic N) is 2. The van der Waals surface area contributed by atoms with Crippen LogP contribution in [0.15, 0.2) is 14.4 Å². The molecule has 15 heavy (non-hydrogen) atoms. The number of hydrogen-bond acceptors (Lipinski definition) is 4. The first-order valence-corrected chi connectivity index (χ1v) is 7.01. The topological polar surface area (TPSA) is 60.9 Å². The van der Waals surface area contributed by atoms with E-state index in [1.807, 2.05) is 4.57 Å². The van der Waals surface area contributed by atoms with E-state index in [1.54, 1.807) is 11.8 Å². The molecule has 0 fully saturated rings. The molecule has 1 aromatic heterocycles. The van der Waals surface area contributed by atoms with E-state index in [0.29, 0.717) is 15.4 Å². The van der Waals surface area contributed by atoms with Crippen molar-refractivity contribution >= 4 is 49.4 Å². The standard InChI is InChI=1S/C8H9Br2N3OS/c1-8(2-9)3-13-5(11)4(10)6(14)12-7(13)15-8/h2-3,11H2,1H3. The Balaban J connectivity index is 2.57. The zero-order valence-electron chi connectivity index (χ0n) is 7.96. The van der Waals surface area contributed by atoms with Crippen molar-refractivity contribution < 1.29 is 0 Å². The van der Waals surface area contributed by atoms with Crippen molar-refractivity contribution in [2.75, 3.05) is 11.1 Å². The van der Waals surface area contributed by atoms with Gasteiger partial charge in [0, 0.05) is 16.6 Å². The van der Waals surface area contributed by atoms with E-state index in [9.17, 15) is 4.79 Å². The highest BCUT2D eigenvalue weighted by atomic mass is 79.9. The number of anilines is 1.